The summed E-state index contributed by atoms with van der Waals surface area (Å²) in [5.74, 6) is -0.871. The van der Waals surface area contributed by atoms with Crippen molar-refractivity contribution < 1.29 is 9.90 Å². The van der Waals surface area contributed by atoms with Gasteiger partial charge in [-0.15, -0.1) is 0 Å². The number of halogens is 1. The van der Waals surface area contributed by atoms with Gasteiger partial charge in [-0.05, 0) is 49.6 Å². The molecule has 126 valence electrons. The molecule has 0 aliphatic rings. The Labute approximate surface area is 153 Å². The van der Waals surface area contributed by atoms with Gasteiger partial charge in [0.25, 0.3) is 0 Å². The van der Waals surface area contributed by atoms with E-state index in [-0.39, 0.29) is 0 Å². The topological polar surface area (TPSA) is 55.1 Å². The molecule has 0 amide bonds. The number of hydrogen-bond donors (Lipinski definition) is 1. The van der Waals surface area contributed by atoms with Crippen molar-refractivity contribution in [2.45, 2.75) is 19.9 Å². The molecule has 2 aromatic heterocycles. The number of carboxylic acid groups (broad SMARTS) is 1. The van der Waals surface area contributed by atoms with Gasteiger partial charge >= 0.3 is 5.97 Å². The van der Waals surface area contributed by atoms with Crippen LogP contribution in [-0.2, 0) is 4.79 Å². The van der Waals surface area contributed by atoms with Crippen molar-refractivity contribution in [2.24, 2.45) is 0 Å². The van der Waals surface area contributed by atoms with Crippen molar-refractivity contribution >= 4 is 50.1 Å². The minimum absolute atomic E-state index is 0.619. The molecule has 2 aromatic carbocycles. The van der Waals surface area contributed by atoms with E-state index < -0.39 is 12.0 Å². The van der Waals surface area contributed by atoms with Gasteiger partial charge in [0.2, 0.25) is 0 Å². The molecular weight excluding hydrogens is 356 g/mol. The van der Waals surface area contributed by atoms with Crippen LogP contribution in [0.25, 0.3) is 32.2 Å². The van der Waals surface area contributed by atoms with Gasteiger partial charge in [-0.1, -0.05) is 29.8 Å². The number of nitrogens with zero attached hydrogens (tertiary/aromatic N) is 2. The first kappa shape index (κ1) is 16.1. The van der Waals surface area contributed by atoms with Gasteiger partial charge in [-0.3, -0.25) is 0 Å². The molecule has 0 fully saturated rings. The van der Waals surface area contributed by atoms with E-state index >= 15 is 0 Å². The van der Waals surface area contributed by atoms with E-state index in [0.29, 0.717) is 5.02 Å². The Morgan fingerprint density at radius 1 is 1.24 bits per heavy atom. The van der Waals surface area contributed by atoms with Crippen molar-refractivity contribution in [3.63, 3.8) is 0 Å². The molecule has 0 spiro atoms. The van der Waals surface area contributed by atoms with Crippen molar-refractivity contribution in [1.29, 1.82) is 0 Å². The van der Waals surface area contributed by atoms with Crippen LogP contribution < -0.4 is 0 Å². The molecule has 0 aliphatic heterocycles. The summed E-state index contributed by atoms with van der Waals surface area (Å²) in [7, 11) is 0. The largest absolute Gasteiger partial charge is 0.480 e. The Hall–Kier alpha value is -2.37. The lowest BCUT2D eigenvalue weighted by molar-refractivity contribution is -0.140. The standard InChI is InChI=1S/C19H15ClN2O2S/c1-10-17(18-13-5-3-4-6-16(13)25-21-18)14-9-12(20)7-8-15(14)22(10)11(2)19(23)24/h3-9,11H,1-2H3,(H,23,24). The monoisotopic (exact) mass is 370 g/mol. The molecule has 1 atom stereocenters. The molecule has 0 bridgehead atoms. The molecule has 25 heavy (non-hydrogen) atoms. The Morgan fingerprint density at radius 2 is 2.00 bits per heavy atom. The van der Waals surface area contributed by atoms with Gasteiger partial charge < -0.3 is 9.67 Å². The summed E-state index contributed by atoms with van der Waals surface area (Å²) in [4.78, 5) is 11.6. The lowest BCUT2D eigenvalue weighted by atomic mass is 10.0. The number of aliphatic carboxylic acids is 1. The van der Waals surface area contributed by atoms with Gasteiger partial charge in [0.15, 0.2) is 0 Å². The van der Waals surface area contributed by atoms with E-state index in [4.69, 9.17) is 11.6 Å². The Kier molecular flexibility index (Phi) is 3.78. The molecule has 0 radical (unpaired) electrons. The Morgan fingerprint density at radius 3 is 2.76 bits per heavy atom. The van der Waals surface area contributed by atoms with Crippen LogP contribution in [0.4, 0.5) is 0 Å². The normalized spacial score (nSPS) is 12.8. The highest BCUT2D eigenvalue weighted by molar-refractivity contribution is 7.13. The Balaban J connectivity index is 2.12. The summed E-state index contributed by atoms with van der Waals surface area (Å²) in [6.07, 6.45) is 0. The molecule has 0 saturated carbocycles. The van der Waals surface area contributed by atoms with E-state index in [1.165, 1.54) is 11.5 Å². The van der Waals surface area contributed by atoms with Crippen LogP contribution in [0.15, 0.2) is 42.5 Å². The van der Waals surface area contributed by atoms with Gasteiger partial charge in [0.1, 0.15) is 6.04 Å². The van der Waals surface area contributed by atoms with Gasteiger partial charge in [-0.25, -0.2) is 4.79 Å². The first-order valence-corrected chi connectivity index (χ1v) is 9.02. The number of rotatable bonds is 3. The Bertz CT molecular complexity index is 1130. The fourth-order valence-corrected chi connectivity index (χ4v) is 4.34. The van der Waals surface area contributed by atoms with E-state index in [2.05, 4.69) is 4.37 Å². The van der Waals surface area contributed by atoms with Crippen molar-refractivity contribution in [2.75, 3.05) is 0 Å². The molecule has 0 aliphatic carbocycles. The van der Waals surface area contributed by atoms with Crippen molar-refractivity contribution in [3.8, 4) is 11.3 Å². The molecule has 4 nitrogen and oxygen atoms in total. The number of benzene rings is 2. The second-order valence-electron chi connectivity index (χ2n) is 6.03. The molecule has 6 heteroatoms. The third-order valence-electron chi connectivity index (χ3n) is 4.57. The highest BCUT2D eigenvalue weighted by Gasteiger charge is 2.24. The second kappa shape index (κ2) is 5.86. The van der Waals surface area contributed by atoms with Crippen molar-refractivity contribution in [1.82, 2.24) is 8.94 Å². The summed E-state index contributed by atoms with van der Waals surface area (Å²) in [5.41, 5.74) is 3.55. The summed E-state index contributed by atoms with van der Waals surface area (Å²) in [6, 6.07) is 12.9. The van der Waals surface area contributed by atoms with Crippen LogP contribution in [0, 0.1) is 6.92 Å². The zero-order valence-electron chi connectivity index (χ0n) is 13.7. The van der Waals surface area contributed by atoms with E-state index in [9.17, 15) is 9.90 Å². The van der Waals surface area contributed by atoms with Gasteiger partial charge in [0.05, 0.1) is 10.4 Å². The van der Waals surface area contributed by atoms with Crippen LogP contribution >= 0.6 is 23.1 Å². The highest BCUT2D eigenvalue weighted by Crippen LogP contribution is 2.41. The fourth-order valence-electron chi connectivity index (χ4n) is 3.39. The van der Waals surface area contributed by atoms with Crippen LogP contribution in [0.2, 0.25) is 5.02 Å². The smallest absolute Gasteiger partial charge is 0.326 e. The predicted molar refractivity (Wildman–Crippen MR) is 103 cm³/mol. The molecule has 4 aromatic rings. The minimum Gasteiger partial charge on any atom is -0.480 e. The lowest BCUT2D eigenvalue weighted by Gasteiger charge is -2.13. The molecule has 1 unspecified atom stereocenters. The van der Waals surface area contributed by atoms with Crippen LogP contribution in [0.3, 0.4) is 0 Å². The zero-order chi connectivity index (χ0) is 17.7. The molecule has 1 N–H and O–H groups in total. The SMILES string of the molecule is Cc1c(-c2nsc3ccccc23)c2cc(Cl)ccc2n1C(C)C(=O)O. The highest BCUT2D eigenvalue weighted by atomic mass is 35.5. The maximum atomic E-state index is 11.6. The molecular formula is C19H15ClN2O2S. The summed E-state index contributed by atoms with van der Waals surface area (Å²) >= 11 is 7.68. The number of fused-ring (bicyclic) bond motifs is 2. The second-order valence-corrected chi connectivity index (χ2v) is 7.27. The first-order chi connectivity index (χ1) is 12.0. The van der Waals surface area contributed by atoms with Crippen LogP contribution in [-0.4, -0.2) is 20.0 Å². The van der Waals surface area contributed by atoms with Crippen molar-refractivity contribution in [3.05, 3.63) is 53.2 Å². The molecule has 2 heterocycles. The van der Waals surface area contributed by atoms with E-state index in [1.807, 2.05) is 47.9 Å². The number of hydrogen-bond acceptors (Lipinski definition) is 3. The molecule has 0 saturated heterocycles. The summed E-state index contributed by atoms with van der Waals surface area (Å²) < 4.78 is 7.61. The lowest BCUT2D eigenvalue weighted by Crippen LogP contribution is -2.16. The zero-order valence-corrected chi connectivity index (χ0v) is 15.2. The summed E-state index contributed by atoms with van der Waals surface area (Å²) in [5, 5.41) is 12.1. The fraction of sp³-hybridized carbons (Fsp3) is 0.158. The predicted octanol–water partition coefficient (Wildman–Crippen LogP) is 5.53. The molecule has 4 rings (SSSR count). The summed E-state index contributed by atoms with van der Waals surface area (Å²) in [6.45, 7) is 3.63. The quantitative estimate of drug-likeness (QED) is 0.516. The van der Waals surface area contributed by atoms with E-state index in [0.717, 1.165) is 37.9 Å². The van der Waals surface area contributed by atoms with Gasteiger partial charge in [0, 0.05) is 32.6 Å². The maximum Gasteiger partial charge on any atom is 0.326 e. The first-order valence-electron chi connectivity index (χ1n) is 7.86. The average molecular weight is 371 g/mol. The maximum absolute atomic E-state index is 11.6. The number of aromatic nitrogens is 2. The third-order valence-corrected chi connectivity index (χ3v) is 5.63. The third kappa shape index (κ3) is 2.42. The minimum atomic E-state index is -0.871. The number of carboxylic acids is 1. The van der Waals surface area contributed by atoms with E-state index in [1.54, 1.807) is 13.0 Å². The van der Waals surface area contributed by atoms with Crippen LogP contribution in [0.1, 0.15) is 18.7 Å². The average Bonchev–Trinajstić information content (AvgIpc) is 3.12. The number of carbonyl (C=O) groups is 1. The van der Waals surface area contributed by atoms with Crippen LogP contribution in [0.5, 0.6) is 0 Å². The van der Waals surface area contributed by atoms with Gasteiger partial charge in [-0.2, -0.15) is 4.37 Å².